The number of guanidine groups is 1. The predicted molar refractivity (Wildman–Crippen MR) is 104 cm³/mol. The third-order valence-corrected chi connectivity index (χ3v) is 4.40. The molecular weight excluding hydrogens is 344 g/mol. The van der Waals surface area contributed by atoms with E-state index in [1.54, 1.807) is 6.26 Å². The van der Waals surface area contributed by atoms with Crippen molar-refractivity contribution < 1.29 is 14.0 Å². The molecule has 146 valence electrons. The van der Waals surface area contributed by atoms with Gasteiger partial charge in [0.15, 0.2) is 5.96 Å². The second-order valence-corrected chi connectivity index (χ2v) is 6.69. The first kappa shape index (κ1) is 19.2. The van der Waals surface area contributed by atoms with Crippen LogP contribution in [0.5, 0.6) is 5.75 Å². The monoisotopic (exact) mass is 372 g/mol. The van der Waals surface area contributed by atoms with Gasteiger partial charge >= 0.3 is 0 Å². The Bertz CT molecular complexity index is 725. The van der Waals surface area contributed by atoms with E-state index in [0.717, 1.165) is 49.1 Å². The molecular formula is C20H28N4O3. The van der Waals surface area contributed by atoms with Gasteiger partial charge in [0.05, 0.1) is 26.3 Å². The first-order chi connectivity index (χ1) is 13.2. The van der Waals surface area contributed by atoms with E-state index in [0.29, 0.717) is 25.6 Å². The summed E-state index contributed by atoms with van der Waals surface area (Å²) >= 11 is 0. The molecule has 2 N–H and O–H groups in total. The first-order valence-corrected chi connectivity index (χ1v) is 9.46. The summed E-state index contributed by atoms with van der Waals surface area (Å²) in [6.45, 7) is 8.29. The van der Waals surface area contributed by atoms with Crippen LogP contribution in [0.4, 0.5) is 0 Å². The summed E-state index contributed by atoms with van der Waals surface area (Å²) in [5, 5.41) is 10.4. The van der Waals surface area contributed by atoms with Gasteiger partial charge in [0.2, 0.25) is 0 Å². The van der Waals surface area contributed by atoms with E-state index in [9.17, 15) is 0 Å². The third-order valence-electron chi connectivity index (χ3n) is 4.40. The lowest BCUT2D eigenvalue weighted by Crippen LogP contribution is -2.36. The Hall–Kier alpha value is -2.54. The van der Waals surface area contributed by atoms with Crippen LogP contribution in [0.25, 0.3) is 0 Å². The van der Waals surface area contributed by atoms with E-state index < -0.39 is 0 Å². The maximum Gasteiger partial charge on any atom is 0.191 e. The van der Waals surface area contributed by atoms with Crippen LogP contribution >= 0.6 is 0 Å². The molecule has 7 nitrogen and oxygen atoms in total. The fraction of sp³-hybridized carbons (Fsp3) is 0.500. The van der Waals surface area contributed by atoms with Crippen molar-refractivity contribution in [3.05, 3.63) is 47.3 Å². The average molecular weight is 372 g/mol. The molecule has 1 aliphatic rings. The standard InChI is InChI=1S/C20H28N4O3/c1-3-21-20(23-12-18-7-9-27-24-18)22-11-17-5-4-15(2)10-19(17)26-14-16-6-8-25-13-16/h4-5,7,9-10,16H,3,6,8,11-14H2,1-2H3,(H2,21,22,23). The number of aromatic nitrogens is 1. The summed E-state index contributed by atoms with van der Waals surface area (Å²) in [4.78, 5) is 4.68. The van der Waals surface area contributed by atoms with Gasteiger partial charge in [-0.2, -0.15) is 0 Å². The second kappa shape index (κ2) is 9.97. The molecule has 27 heavy (non-hydrogen) atoms. The maximum atomic E-state index is 6.10. The Morgan fingerprint density at radius 1 is 1.33 bits per heavy atom. The Morgan fingerprint density at radius 3 is 3.00 bits per heavy atom. The van der Waals surface area contributed by atoms with Crippen molar-refractivity contribution in [3.8, 4) is 5.75 Å². The van der Waals surface area contributed by atoms with Crippen molar-refractivity contribution >= 4 is 5.96 Å². The molecule has 1 aliphatic heterocycles. The van der Waals surface area contributed by atoms with Crippen molar-refractivity contribution in [1.82, 2.24) is 15.8 Å². The molecule has 3 rings (SSSR count). The van der Waals surface area contributed by atoms with Gasteiger partial charge < -0.3 is 24.6 Å². The highest BCUT2D eigenvalue weighted by Crippen LogP contribution is 2.23. The fourth-order valence-electron chi connectivity index (χ4n) is 2.86. The normalized spacial score (nSPS) is 17.1. The molecule has 2 heterocycles. The quantitative estimate of drug-likeness (QED) is 0.548. The second-order valence-electron chi connectivity index (χ2n) is 6.69. The van der Waals surface area contributed by atoms with Crippen LogP contribution in [0, 0.1) is 12.8 Å². The van der Waals surface area contributed by atoms with Crippen LogP contribution in [0.2, 0.25) is 0 Å². The van der Waals surface area contributed by atoms with E-state index in [4.69, 9.17) is 14.0 Å². The number of hydrogen-bond acceptors (Lipinski definition) is 5. The molecule has 7 heteroatoms. The number of benzene rings is 1. The van der Waals surface area contributed by atoms with Gasteiger partial charge in [-0.1, -0.05) is 17.3 Å². The van der Waals surface area contributed by atoms with Crippen molar-refractivity contribution in [3.63, 3.8) is 0 Å². The minimum absolute atomic E-state index is 0.475. The van der Waals surface area contributed by atoms with Gasteiger partial charge in [-0.3, -0.25) is 0 Å². The summed E-state index contributed by atoms with van der Waals surface area (Å²) in [6, 6.07) is 8.08. The summed E-state index contributed by atoms with van der Waals surface area (Å²) < 4.78 is 16.4. The van der Waals surface area contributed by atoms with Crippen molar-refractivity contribution in [2.45, 2.75) is 33.4 Å². The Labute approximate surface area is 160 Å². The SMILES string of the molecule is CCNC(=NCc1ccc(C)cc1OCC1CCOC1)NCc1ccon1. The number of nitrogens with one attached hydrogen (secondary N) is 2. The smallest absolute Gasteiger partial charge is 0.191 e. The summed E-state index contributed by atoms with van der Waals surface area (Å²) in [7, 11) is 0. The summed E-state index contributed by atoms with van der Waals surface area (Å²) in [5.41, 5.74) is 3.08. The molecule has 1 saturated heterocycles. The third kappa shape index (κ3) is 5.99. The minimum atomic E-state index is 0.475. The van der Waals surface area contributed by atoms with E-state index in [-0.39, 0.29) is 0 Å². The van der Waals surface area contributed by atoms with Gasteiger partial charge in [-0.15, -0.1) is 0 Å². The Kier molecular flexibility index (Phi) is 7.10. The molecule has 1 unspecified atom stereocenters. The van der Waals surface area contributed by atoms with Gasteiger partial charge in [0.25, 0.3) is 0 Å². The highest BCUT2D eigenvalue weighted by Gasteiger charge is 2.17. The van der Waals surface area contributed by atoms with Crippen LogP contribution in [-0.2, 0) is 17.8 Å². The van der Waals surface area contributed by atoms with Gasteiger partial charge in [0, 0.05) is 30.7 Å². The van der Waals surface area contributed by atoms with Crippen molar-refractivity contribution in [2.75, 3.05) is 26.4 Å². The number of hydrogen-bond donors (Lipinski definition) is 2. The van der Waals surface area contributed by atoms with Gasteiger partial charge in [-0.25, -0.2) is 4.99 Å². The lowest BCUT2D eigenvalue weighted by atomic mass is 10.1. The van der Waals surface area contributed by atoms with Crippen LogP contribution < -0.4 is 15.4 Å². The number of rotatable bonds is 8. The van der Waals surface area contributed by atoms with Crippen LogP contribution in [0.1, 0.15) is 30.2 Å². The molecule has 2 aromatic rings. The van der Waals surface area contributed by atoms with Crippen LogP contribution in [-0.4, -0.2) is 37.5 Å². The maximum absolute atomic E-state index is 6.10. The largest absolute Gasteiger partial charge is 0.493 e. The van der Waals surface area contributed by atoms with E-state index >= 15 is 0 Å². The Balaban J connectivity index is 1.63. The fourth-order valence-corrected chi connectivity index (χ4v) is 2.86. The predicted octanol–water partition coefficient (Wildman–Crippen LogP) is 2.65. The highest BCUT2D eigenvalue weighted by molar-refractivity contribution is 5.79. The number of aliphatic imine (C=N–C) groups is 1. The molecule has 0 amide bonds. The highest BCUT2D eigenvalue weighted by atomic mass is 16.5. The minimum Gasteiger partial charge on any atom is -0.493 e. The lowest BCUT2D eigenvalue weighted by molar-refractivity contribution is 0.166. The summed E-state index contributed by atoms with van der Waals surface area (Å²) in [5.74, 6) is 2.11. The van der Waals surface area contributed by atoms with Crippen LogP contribution in [0.15, 0.2) is 40.0 Å². The van der Waals surface area contributed by atoms with Crippen LogP contribution in [0.3, 0.4) is 0 Å². The lowest BCUT2D eigenvalue weighted by Gasteiger charge is -2.15. The molecule has 0 spiro atoms. The molecule has 1 atom stereocenters. The zero-order chi connectivity index (χ0) is 18.9. The molecule has 0 radical (unpaired) electrons. The van der Waals surface area contributed by atoms with Crippen molar-refractivity contribution in [2.24, 2.45) is 10.9 Å². The van der Waals surface area contributed by atoms with Crippen molar-refractivity contribution in [1.29, 1.82) is 0 Å². The van der Waals surface area contributed by atoms with E-state index in [1.165, 1.54) is 5.56 Å². The molecule has 0 bridgehead atoms. The van der Waals surface area contributed by atoms with Gasteiger partial charge in [0.1, 0.15) is 17.7 Å². The van der Waals surface area contributed by atoms with E-state index in [1.807, 2.05) is 13.0 Å². The summed E-state index contributed by atoms with van der Waals surface area (Å²) in [6.07, 6.45) is 2.63. The van der Waals surface area contributed by atoms with E-state index in [2.05, 4.69) is 45.9 Å². The average Bonchev–Trinajstić information content (AvgIpc) is 3.37. The Morgan fingerprint density at radius 2 is 2.26 bits per heavy atom. The molecule has 0 aliphatic carbocycles. The molecule has 1 aromatic carbocycles. The molecule has 0 saturated carbocycles. The number of nitrogens with zero attached hydrogens (tertiary/aromatic N) is 2. The zero-order valence-electron chi connectivity index (χ0n) is 16.0. The zero-order valence-corrected chi connectivity index (χ0v) is 16.0. The number of aryl methyl sites for hydroxylation is 1. The number of ether oxygens (including phenoxy) is 2. The molecule has 1 aromatic heterocycles. The topological polar surface area (TPSA) is 80.9 Å². The van der Waals surface area contributed by atoms with Gasteiger partial charge in [-0.05, 0) is 31.9 Å². The molecule has 1 fully saturated rings. The first-order valence-electron chi connectivity index (χ1n) is 9.46.